The lowest BCUT2D eigenvalue weighted by atomic mass is 10.0. The molecule has 0 saturated carbocycles. The molecule has 1 unspecified atom stereocenters. The van der Waals surface area contributed by atoms with E-state index in [1.54, 1.807) is 18.7 Å². The summed E-state index contributed by atoms with van der Waals surface area (Å²) < 4.78 is 4.19. The Morgan fingerprint density at radius 2 is 2.15 bits per heavy atom. The van der Waals surface area contributed by atoms with Crippen LogP contribution in [0.1, 0.15) is 39.5 Å². The van der Waals surface area contributed by atoms with E-state index in [0.29, 0.717) is 0 Å². The largest absolute Gasteiger partial charge is 0.480 e. The predicted molar refractivity (Wildman–Crippen MR) is 75.5 cm³/mol. The Kier molecular flexibility index (Phi) is 6.32. The minimum atomic E-state index is -1.13. The van der Waals surface area contributed by atoms with Gasteiger partial charge in [-0.05, 0) is 38.9 Å². The molecule has 1 aliphatic heterocycles. The number of carboxylic acid groups (broad SMARTS) is 1. The molecule has 0 aromatic heterocycles. The molecule has 6 nitrogen and oxygen atoms in total. The average Bonchev–Trinajstić information content (AvgIpc) is 2.82. The van der Waals surface area contributed by atoms with E-state index in [0.717, 1.165) is 18.6 Å². The number of carbonyl (C=O) groups excluding carboxylic acids is 2. The maximum atomic E-state index is 12.1. The van der Waals surface area contributed by atoms with Gasteiger partial charge >= 0.3 is 11.9 Å². The van der Waals surface area contributed by atoms with Crippen molar-refractivity contribution in [2.75, 3.05) is 12.4 Å². The van der Waals surface area contributed by atoms with Crippen LogP contribution in [0, 0.1) is 0 Å². The third kappa shape index (κ3) is 4.70. The van der Waals surface area contributed by atoms with Gasteiger partial charge in [-0.25, -0.2) is 4.79 Å². The van der Waals surface area contributed by atoms with Crippen molar-refractivity contribution < 1.29 is 24.2 Å². The van der Waals surface area contributed by atoms with Crippen molar-refractivity contribution >= 4 is 29.6 Å². The molecule has 2 N–H and O–H groups in total. The summed E-state index contributed by atoms with van der Waals surface area (Å²) in [5, 5.41) is 11.6. The van der Waals surface area contributed by atoms with E-state index in [-0.39, 0.29) is 25.4 Å². The highest BCUT2D eigenvalue weighted by molar-refractivity contribution is 8.01. The van der Waals surface area contributed by atoms with E-state index in [1.807, 2.05) is 6.92 Å². The van der Waals surface area contributed by atoms with Crippen LogP contribution in [0.3, 0.4) is 0 Å². The van der Waals surface area contributed by atoms with Crippen molar-refractivity contribution in [3.63, 3.8) is 0 Å². The van der Waals surface area contributed by atoms with Crippen LogP contribution in [0.15, 0.2) is 0 Å². The molecule has 2 atom stereocenters. The highest BCUT2D eigenvalue weighted by Gasteiger charge is 2.38. The van der Waals surface area contributed by atoms with Crippen molar-refractivity contribution in [3.8, 4) is 0 Å². The molecule has 0 aliphatic carbocycles. The second-order valence-corrected chi connectivity index (χ2v) is 6.49. The van der Waals surface area contributed by atoms with Gasteiger partial charge in [-0.3, -0.25) is 9.59 Å². The maximum Gasteiger partial charge on any atom is 0.326 e. The molecule has 0 radical (unpaired) electrons. The number of hydrogen-bond acceptors (Lipinski definition) is 5. The van der Waals surface area contributed by atoms with E-state index < -0.39 is 22.7 Å². The highest BCUT2D eigenvalue weighted by Crippen LogP contribution is 2.37. The standard InChI is InChI=1S/C13H21NO5S/c1-3-19-10(15)6-5-9(11(16)17)14-12(18)13(2)7-4-8-20-13/h9H,3-8H2,1-2H3,(H,14,18)(H,16,17)/t9-,13?/m0/s1. The summed E-state index contributed by atoms with van der Waals surface area (Å²) in [7, 11) is 0. The summed E-state index contributed by atoms with van der Waals surface area (Å²) in [5.41, 5.74) is 0. The topological polar surface area (TPSA) is 92.7 Å². The van der Waals surface area contributed by atoms with Gasteiger partial charge in [-0.2, -0.15) is 0 Å². The third-order valence-electron chi connectivity index (χ3n) is 3.25. The number of aliphatic carboxylic acids is 1. The van der Waals surface area contributed by atoms with Crippen molar-refractivity contribution in [2.24, 2.45) is 0 Å². The van der Waals surface area contributed by atoms with Gasteiger partial charge in [-0.15, -0.1) is 11.8 Å². The maximum absolute atomic E-state index is 12.1. The Hall–Kier alpha value is -1.24. The lowest BCUT2D eigenvalue weighted by molar-refractivity contribution is -0.145. The molecule has 0 spiro atoms. The predicted octanol–water partition coefficient (Wildman–Crippen LogP) is 1.18. The second kappa shape index (κ2) is 7.52. The summed E-state index contributed by atoms with van der Waals surface area (Å²) >= 11 is 1.54. The number of carbonyl (C=O) groups is 3. The van der Waals surface area contributed by atoms with Gasteiger partial charge in [0, 0.05) is 6.42 Å². The molecule has 0 bridgehead atoms. The molecule has 114 valence electrons. The number of hydrogen-bond donors (Lipinski definition) is 2. The molecule has 1 fully saturated rings. The molecule has 1 aliphatic rings. The summed E-state index contributed by atoms with van der Waals surface area (Å²) in [6.45, 7) is 3.77. The number of carboxylic acids is 1. The molecule has 0 aromatic carbocycles. The summed E-state index contributed by atoms with van der Waals surface area (Å²) in [5.74, 6) is -0.940. The SMILES string of the molecule is CCOC(=O)CC[C@H](NC(=O)C1(C)CCCS1)C(=O)O. The van der Waals surface area contributed by atoms with Crippen LogP contribution in [-0.4, -0.2) is 46.1 Å². The third-order valence-corrected chi connectivity index (χ3v) is 4.76. The first kappa shape index (κ1) is 16.8. The minimum absolute atomic E-state index is 0.0189. The first-order chi connectivity index (χ1) is 9.39. The smallest absolute Gasteiger partial charge is 0.326 e. The van der Waals surface area contributed by atoms with Crippen LogP contribution in [-0.2, 0) is 19.1 Å². The first-order valence-corrected chi connectivity index (χ1v) is 7.71. The summed E-state index contributed by atoms with van der Waals surface area (Å²) in [4.78, 5) is 34.5. The molecule has 7 heteroatoms. The van der Waals surface area contributed by atoms with Gasteiger partial charge < -0.3 is 15.2 Å². The number of thioether (sulfide) groups is 1. The summed E-state index contributed by atoms with van der Waals surface area (Å²) in [6.07, 6.45) is 1.72. The van der Waals surface area contributed by atoms with Gasteiger partial charge in [0.2, 0.25) is 5.91 Å². The van der Waals surface area contributed by atoms with Crippen molar-refractivity contribution in [3.05, 3.63) is 0 Å². The zero-order valence-electron chi connectivity index (χ0n) is 11.8. The van der Waals surface area contributed by atoms with Gasteiger partial charge in [-0.1, -0.05) is 0 Å². The molecule has 1 heterocycles. The number of amides is 1. The van der Waals surface area contributed by atoms with Crippen LogP contribution >= 0.6 is 11.8 Å². The van der Waals surface area contributed by atoms with E-state index in [9.17, 15) is 14.4 Å². The fourth-order valence-corrected chi connectivity index (χ4v) is 3.24. The molecule has 1 rings (SSSR count). The highest BCUT2D eigenvalue weighted by atomic mass is 32.2. The fraction of sp³-hybridized carbons (Fsp3) is 0.769. The Balaban J connectivity index is 2.52. The fourth-order valence-electron chi connectivity index (χ4n) is 2.02. The van der Waals surface area contributed by atoms with Crippen LogP contribution < -0.4 is 5.32 Å². The Labute approximate surface area is 122 Å². The quantitative estimate of drug-likeness (QED) is 0.686. The normalized spacial score (nSPS) is 23.1. The van der Waals surface area contributed by atoms with Crippen molar-refractivity contribution in [1.82, 2.24) is 5.32 Å². The van der Waals surface area contributed by atoms with Gasteiger partial charge in [0.05, 0.1) is 11.4 Å². The summed E-state index contributed by atoms with van der Waals surface area (Å²) in [6, 6.07) is -1.05. The number of ether oxygens (including phenoxy) is 1. The average molecular weight is 303 g/mol. The molecular formula is C13H21NO5S. The second-order valence-electron chi connectivity index (χ2n) is 4.89. The zero-order chi connectivity index (χ0) is 15.2. The van der Waals surface area contributed by atoms with Gasteiger partial charge in [0.15, 0.2) is 0 Å². The number of esters is 1. The Morgan fingerprint density at radius 1 is 1.45 bits per heavy atom. The van der Waals surface area contributed by atoms with Crippen molar-refractivity contribution in [2.45, 2.75) is 50.3 Å². The van der Waals surface area contributed by atoms with E-state index in [2.05, 4.69) is 5.32 Å². The van der Waals surface area contributed by atoms with E-state index >= 15 is 0 Å². The van der Waals surface area contributed by atoms with Gasteiger partial charge in [0.1, 0.15) is 6.04 Å². The van der Waals surface area contributed by atoms with E-state index in [1.165, 1.54) is 0 Å². The number of rotatable bonds is 7. The van der Waals surface area contributed by atoms with Crippen LogP contribution in [0.2, 0.25) is 0 Å². The van der Waals surface area contributed by atoms with Crippen LogP contribution in [0.4, 0.5) is 0 Å². The lowest BCUT2D eigenvalue weighted by Crippen LogP contribution is -2.48. The number of nitrogens with one attached hydrogen (secondary N) is 1. The first-order valence-electron chi connectivity index (χ1n) is 6.72. The Bertz CT molecular complexity index is 379. The molecule has 0 aromatic rings. The lowest BCUT2D eigenvalue weighted by Gasteiger charge is -2.24. The molecule has 1 saturated heterocycles. The van der Waals surface area contributed by atoms with Crippen LogP contribution in [0.5, 0.6) is 0 Å². The van der Waals surface area contributed by atoms with E-state index in [4.69, 9.17) is 9.84 Å². The van der Waals surface area contributed by atoms with Crippen LogP contribution in [0.25, 0.3) is 0 Å². The molecule has 1 amide bonds. The van der Waals surface area contributed by atoms with Crippen molar-refractivity contribution in [1.29, 1.82) is 0 Å². The minimum Gasteiger partial charge on any atom is -0.480 e. The molecule has 20 heavy (non-hydrogen) atoms. The Morgan fingerprint density at radius 3 is 2.65 bits per heavy atom. The monoisotopic (exact) mass is 303 g/mol. The van der Waals surface area contributed by atoms with Gasteiger partial charge in [0.25, 0.3) is 0 Å². The zero-order valence-corrected chi connectivity index (χ0v) is 12.6. The molecular weight excluding hydrogens is 282 g/mol.